The van der Waals surface area contributed by atoms with E-state index in [9.17, 15) is 0 Å². The van der Waals surface area contributed by atoms with Crippen molar-refractivity contribution in [3.63, 3.8) is 0 Å². The van der Waals surface area contributed by atoms with E-state index in [0.717, 1.165) is 17.9 Å². The van der Waals surface area contributed by atoms with Crippen molar-refractivity contribution in [2.75, 3.05) is 13.6 Å². The summed E-state index contributed by atoms with van der Waals surface area (Å²) in [6.07, 6.45) is 9.60. The van der Waals surface area contributed by atoms with Gasteiger partial charge in [-0.3, -0.25) is 0 Å². The van der Waals surface area contributed by atoms with Crippen LogP contribution in [-0.2, 0) is 0 Å². The lowest BCUT2D eigenvalue weighted by Crippen LogP contribution is -2.41. The second-order valence-corrected chi connectivity index (χ2v) is 6.21. The van der Waals surface area contributed by atoms with E-state index in [0.29, 0.717) is 6.04 Å². The smallest absolute Gasteiger partial charge is 0.00925 e. The molecule has 2 rings (SSSR count). The minimum absolute atomic E-state index is 0.477. The molecule has 2 saturated carbocycles. The molecule has 2 atom stereocenters. The molecular formula is C14H28N2. The Labute approximate surface area is 101 Å². The maximum Gasteiger partial charge on any atom is 0.00925 e. The summed E-state index contributed by atoms with van der Waals surface area (Å²) >= 11 is 0. The van der Waals surface area contributed by atoms with E-state index in [2.05, 4.69) is 18.9 Å². The van der Waals surface area contributed by atoms with Crippen molar-refractivity contribution in [2.45, 2.75) is 64.0 Å². The van der Waals surface area contributed by atoms with Crippen LogP contribution >= 0.6 is 0 Å². The van der Waals surface area contributed by atoms with Gasteiger partial charge in [0.2, 0.25) is 0 Å². The van der Waals surface area contributed by atoms with E-state index in [1.165, 1.54) is 51.5 Å². The van der Waals surface area contributed by atoms with Gasteiger partial charge < -0.3 is 10.6 Å². The van der Waals surface area contributed by atoms with Gasteiger partial charge in [-0.05, 0) is 57.4 Å². The van der Waals surface area contributed by atoms with Gasteiger partial charge in [-0.2, -0.15) is 0 Å². The van der Waals surface area contributed by atoms with Gasteiger partial charge in [-0.25, -0.2) is 0 Å². The second-order valence-electron chi connectivity index (χ2n) is 6.21. The van der Waals surface area contributed by atoms with Crippen LogP contribution in [-0.4, -0.2) is 30.6 Å². The number of nitrogens with two attached hydrogens (primary N) is 1. The van der Waals surface area contributed by atoms with Crippen molar-refractivity contribution in [3.05, 3.63) is 0 Å². The maximum absolute atomic E-state index is 6.15. The van der Waals surface area contributed by atoms with Gasteiger partial charge in [-0.1, -0.05) is 13.3 Å². The van der Waals surface area contributed by atoms with Crippen molar-refractivity contribution in [1.82, 2.24) is 4.90 Å². The van der Waals surface area contributed by atoms with Crippen LogP contribution in [0.4, 0.5) is 0 Å². The molecule has 0 spiro atoms. The molecule has 16 heavy (non-hydrogen) atoms. The minimum Gasteiger partial charge on any atom is -0.327 e. The van der Waals surface area contributed by atoms with Gasteiger partial charge in [0.1, 0.15) is 0 Å². The molecule has 0 heterocycles. The zero-order valence-electron chi connectivity index (χ0n) is 11.0. The Morgan fingerprint density at radius 1 is 1.06 bits per heavy atom. The summed E-state index contributed by atoms with van der Waals surface area (Å²) in [6.45, 7) is 3.63. The molecule has 2 fully saturated rings. The number of rotatable bonds is 3. The Morgan fingerprint density at radius 3 is 2.31 bits per heavy atom. The predicted octanol–water partition coefficient (Wildman–Crippen LogP) is 2.62. The summed E-state index contributed by atoms with van der Waals surface area (Å²) in [5.74, 6) is 1.72. The number of hydrogen-bond acceptors (Lipinski definition) is 2. The van der Waals surface area contributed by atoms with Gasteiger partial charge in [0.25, 0.3) is 0 Å². The van der Waals surface area contributed by atoms with Crippen molar-refractivity contribution < 1.29 is 0 Å². The lowest BCUT2D eigenvalue weighted by atomic mass is 9.86. The standard InChI is InChI=1S/C14H28N2/c1-11-6-8-13(9-7-11)16(2)10-12-4-3-5-14(12)15/h11-14H,3-10,15H2,1-2H3. The first kappa shape index (κ1) is 12.4. The highest BCUT2D eigenvalue weighted by atomic mass is 15.1. The Morgan fingerprint density at radius 2 is 1.75 bits per heavy atom. The lowest BCUT2D eigenvalue weighted by Gasteiger charge is -2.35. The van der Waals surface area contributed by atoms with E-state index in [-0.39, 0.29) is 0 Å². The molecule has 2 heteroatoms. The SMILES string of the molecule is CC1CCC(N(C)CC2CCCC2N)CC1. The van der Waals surface area contributed by atoms with Crippen LogP contribution < -0.4 is 5.73 Å². The first-order chi connectivity index (χ1) is 7.66. The first-order valence-corrected chi connectivity index (χ1v) is 7.12. The Kier molecular flexibility index (Phi) is 4.26. The fraction of sp³-hybridized carbons (Fsp3) is 1.00. The van der Waals surface area contributed by atoms with Gasteiger partial charge in [-0.15, -0.1) is 0 Å². The van der Waals surface area contributed by atoms with E-state index in [1.54, 1.807) is 0 Å². The summed E-state index contributed by atoms with van der Waals surface area (Å²) < 4.78 is 0. The van der Waals surface area contributed by atoms with Gasteiger partial charge in [0, 0.05) is 18.6 Å². The van der Waals surface area contributed by atoms with Crippen LogP contribution in [0.2, 0.25) is 0 Å². The lowest BCUT2D eigenvalue weighted by molar-refractivity contribution is 0.146. The molecule has 0 aliphatic heterocycles. The van der Waals surface area contributed by atoms with Crippen LogP contribution in [0.15, 0.2) is 0 Å². The quantitative estimate of drug-likeness (QED) is 0.798. The third-order valence-electron chi connectivity index (χ3n) is 4.85. The molecular weight excluding hydrogens is 196 g/mol. The molecule has 0 bridgehead atoms. The summed E-state index contributed by atoms with van der Waals surface area (Å²) in [6, 6.07) is 1.31. The molecule has 94 valence electrons. The molecule has 2 nitrogen and oxygen atoms in total. The van der Waals surface area contributed by atoms with Crippen LogP contribution in [0, 0.1) is 11.8 Å². The van der Waals surface area contributed by atoms with E-state index in [4.69, 9.17) is 5.73 Å². The molecule has 2 aliphatic rings. The minimum atomic E-state index is 0.477. The van der Waals surface area contributed by atoms with E-state index in [1.807, 2.05) is 0 Å². The zero-order valence-corrected chi connectivity index (χ0v) is 11.0. The summed E-state index contributed by atoms with van der Waals surface area (Å²) in [5, 5.41) is 0. The number of hydrogen-bond donors (Lipinski definition) is 1. The highest BCUT2D eigenvalue weighted by Crippen LogP contribution is 2.29. The summed E-state index contributed by atoms with van der Waals surface area (Å²) in [7, 11) is 2.31. The average Bonchev–Trinajstić information content (AvgIpc) is 2.65. The maximum atomic E-state index is 6.15. The van der Waals surface area contributed by atoms with Gasteiger partial charge in [0.05, 0.1) is 0 Å². The third kappa shape index (κ3) is 2.98. The van der Waals surface area contributed by atoms with E-state index >= 15 is 0 Å². The predicted molar refractivity (Wildman–Crippen MR) is 69.4 cm³/mol. The zero-order chi connectivity index (χ0) is 11.5. The average molecular weight is 224 g/mol. The molecule has 0 radical (unpaired) electrons. The molecule has 2 N–H and O–H groups in total. The van der Waals surface area contributed by atoms with Crippen LogP contribution in [0.5, 0.6) is 0 Å². The van der Waals surface area contributed by atoms with Crippen LogP contribution in [0.1, 0.15) is 51.9 Å². The van der Waals surface area contributed by atoms with Gasteiger partial charge in [0.15, 0.2) is 0 Å². The van der Waals surface area contributed by atoms with Crippen LogP contribution in [0.25, 0.3) is 0 Å². The normalized spacial score (nSPS) is 40.5. The van der Waals surface area contributed by atoms with Crippen molar-refractivity contribution in [2.24, 2.45) is 17.6 Å². The monoisotopic (exact) mass is 224 g/mol. The van der Waals surface area contributed by atoms with Gasteiger partial charge >= 0.3 is 0 Å². The molecule has 0 aromatic heterocycles. The summed E-state index contributed by atoms with van der Waals surface area (Å²) in [4.78, 5) is 2.60. The Hall–Kier alpha value is -0.0800. The van der Waals surface area contributed by atoms with Crippen molar-refractivity contribution >= 4 is 0 Å². The highest BCUT2D eigenvalue weighted by molar-refractivity contribution is 4.84. The molecule has 2 unspecified atom stereocenters. The highest BCUT2D eigenvalue weighted by Gasteiger charge is 2.28. The molecule has 2 aliphatic carbocycles. The fourth-order valence-corrected chi connectivity index (χ4v) is 3.49. The fourth-order valence-electron chi connectivity index (χ4n) is 3.49. The molecule has 0 aromatic rings. The number of nitrogens with zero attached hydrogens (tertiary/aromatic N) is 1. The van der Waals surface area contributed by atoms with Crippen molar-refractivity contribution in [1.29, 1.82) is 0 Å². The second kappa shape index (κ2) is 5.50. The Balaban J connectivity index is 1.76. The third-order valence-corrected chi connectivity index (χ3v) is 4.85. The largest absolute Gasteiger partial charge is 0.327 e. The van der Waals surface area contributed by atoms with Crippen LogP contribution in [0.3, 0.4) is 0 Å². The Bertz CT molecular complexity index is 209. The molecule has 0 amide bonds. The van der Waals surface area contributed by atoms with Crippen molar-refractivity contribution in [3.8, 4) is 0 Å². The molecule has 0 aromatic carbocycles. The van der Waals surface area contributed by atoms with E-state index < -0.39 is 0 Å². The topological polar surface area (TPSA) is 29.3 Å². The molecule has 0 saturated heterocycles. The first-order valence-electron chi connectivity index (χ1n) is 7.12. The summed E-state index contributed by atoms with van der Waals surface area (Å²) in [5.41, 5.74) is 6.15.